The molecule has 0 aliphatic carbocycles. The predicted octanol–water partition coefficient (Wildman–Crippen LogP) is 6.21. The Labute approximate surface area is 185 Å². The number of rotatable bonds is 3. The average molecular weight is 612 g/mol. The van der Waals surface area contributed by atoms with Crippen molar-refractivity contribution in [3.05, 3.63) is 88.9 Å². The quantitative estimate of drug-likeness (QED) is 0.153. The average Bonchev–Trinajstić information content (AvgIpc) is 2.76. The first-order valence-electron chi connectivity index (χ1n) is 7.96. The molecule has 0 saturated carbocycles. The van der Waals surface area contributed by atoms with Gasteiger partial charge in [-0.3, -0.25) is 8.78 Å². The zero-order valence-corrected chi connectivity index (χ0v) is 18.1. The van der Waals surface area contributed by atoms with Gasteiger partial charge in [0.1, 0.15) is 11.6 Å². The summed E-state index contributed by atoms with van der Waals surface area (Å²) in [5.74, 6) is -4.01. The first kappa shape index (κ1) is 25.7. The molecule has 0 amide bonds. The third-order valence-corrected chi connectivity index (χ3v) is 3.38. The van der Waals surface area contributed by atoms with E-state index >= 15 is 0 Å². The summed E-state index contributed by atoms with van der Waals surface area (Å²) in [6.07, 6.45) is 4.89. The van der Waals surface area contributed by atoms with Crippen LogP contribution in [-0.2, 0) is 22.1 Å². The molecule has 0 bridgehead atoms. The number of ether oxygens (including phenoxy) is 2. The van der Waals surface area contributed by atoms with Crippen molar-refractivity contribution in [3.8, 4) is 29.6 Å². The number of hydrogen-bond donors (Lipinski definition) is 0. The Hall–Kier alpha value is -3.29. The fourth-order valence-electron chi connectivity index (χ4n) is 2.01. The molecule has 3 rings (SSSR count). The number of hydrogen-bond acceptors (Lipinski definition) is 3. The van der Waals surface area contributed by atoms with Crippen LogP contribution in [0.2, 0.25) is 0 Å². The first-order chi connectivity index (χ1) is 14.8. The van der Waals surface area contributed by atoms with Crippen LogP contribution in [-0.4, -0.2) is 7.11 Å². The van der Waals surface area contributed by atoms with Gasteiger partial charge in [0.15, 0.2) is 11.6 Å². The zero-order chi connectivity index (χ0) is 23.6. The van der Waals surface area contributed by atoms with E-state index in [1.54, 1.807) is 12.0 Å². The number of nitrogens with one attached hydrogen (secondary N) is 1. The molecular formula is C21H12F5NO3Os-2. The van der Waals surface area contributed by atoms with Gasteiger partial charge in [0, 0.05) is 0 Å². The first-order valence-corrected chi connectivity index (χ1v) is 9.00. The molecule has 0 spiro atoms. The number of halogens is 5. The Kier molecular flexibility index (Phi) is 10.3. The van der Waals surface area contributed by atoms with Crippen molar-refractivity contribution in [2.75, 3.05) is 7.11 Å². The molecule has 0 saturated heterocycles. The van der Waals surface area contributed by atoms with Crippen LogP contribution in [0.4, 0.5) is 27.6 Å². The van der Waals surface area contributed by atoms with Crippen LogP contribution in [0.15, 0.2) is 42.5 Å². The minimum atomic E-state index is -1.51. The Bertz CT molecular complexity index is 1070. The molecule has 0 radical (unpaired) electrons. The van der Waals surface area contributed by atoms with E-state index in [1.165, 1.54) is 31.4 Å². The second-order valence-corrected chi connectivity index (χ2v) is 5.32. The molecule has 31 heavy (non-hydrogen) atoms. The van der Waals surface area contributed by atoms with Gasteiger partial charge in [-0.15, -0.1) is 12.1 Å². The molecule has 3 aromatic rings. The summed E-state index contributed by atoms with van der Waals surface area (Å²) in [6, 6.07) is 10.3. The summed E-state index contributed by atoms with van der Waals surface area (Å²) in [7, 11) is 1.39. The van der Waals surface area contributed by atoms with E-state index in [0.29, 0.717) is 18.6 Å². The molecule has 0 heterocycles. The SMILES string of the molecule is C#Cc1c(F)c(F)[c-]c(Oc2ccc(F)cc2)c1F.COc1ccc([NH-])cc1F.[O]=[Os]. The maximum atomic E-state index is 13.7. The fourth-order valence-corrected chi connectivity index (χ4v) is 2.01. The third kappa shape index (κ3) is 7.16. The second kappa shape index (κ2) is 12.4. The van der Waals surface area contributed by atoms with Gasteiger partial charge < -0.3 is 15.2 Å². The van der Waals surface area contributed by atoms with Crippen LogP contribution in [0, 0.1) is 47.5 Å². The van der Waals surface area contributed by atoms with Crippen molar-refractivity contribution in [2.45, 2.75) is 0 Å². The van der Waals surface area contributed by atoms with Crippen molar-refractivity contribution in [1.29, 1.82) is 0 Å². The van der Waals surface area contributed by atoms with Gasteiger partial charge in [0.25, 0.3) is 0 Å². The van der Waals surface area contributed by atoms with E-state index in [2.05, 4.69) is 4.74 Å². The molecule has 4 nitrogen and oxygen atoms in total. The molecule has 0 atom stereocenters. The summed E-state index contributed by atoms with van der Waals surface area (Å²) >= 11 is 0.611. The van der Waals surface area contributed by atoms with Gasteiger partial charge in [0.2, 0.25) is 0 Å². The van der Waals surface area contributed by atoms with Crippen LogP contribution in [0.5, 0.6) is 17.2 Å². The second-order valence-electron chi connectivity index (χ2n) is 5.32. The molecule has 164 valence electrons. The summed E-state index contributed by atoms with van der Waals surface area (Å²) in [5.41, 5.74) is 6.28. The molecule has 0 fully saturated rings. The van der Waals surface area contributed by atoms with Crippen molar-refractivity contribution in [1.82, 2.24) is 0 Å². The van der Waals surface area contributed by atoms with Gasteiger partial charge in [-0.2, -0.15) is 0 Å². The summed E-state index contributed by atoms with van der Waals surface area (Å²) in [5, 5.41) is 0. The minimum absolute atomic E-state index is 0.0329. The molecule has 0 aromatic heterocycles. The summed E-state index contributed by atoms with van der Waals surface area (Å²) in [6.45, 7) is 0. The molecule has 0 aliphatic rings. The van der Waals surface area contributed by atoms with E-state index in [9.17, 15) is 22.0 Å². The van der Waals surface area contributed by atoms with Crippen LogP contribution >= 0.6 is 0 Å². The number of methoxy groups -OCH3 is 1. The van der Waals surface area contributed by atoms with E-state index in [4.69, 9.17) is 20.4 Å². The number of benzene rings is 3. The van der Waals surface area contributed by atoms with Crippen molar-refractivity contribution in [3.63, 3.8) is 0 Å². The molecule has 0 unspecified atom stereocenters. The van der Waals surface area contributed by atoms with Gasteiger partial charge in [-0.25, -0.2) is 13.2 Å². The Morgan fingerprint density at radius 2 is 1.61 bits per heavy atom. The predicted molar refractivity (Wildman–Crippen MR) is 97.2 cm³/mol. The van der Waals surface area contributed by atoms with E-state index in [1.807, 2.05) is 0 Å². The molecular weight excluding hydrogens is 599 g/mol. The van der Waals surface area contributed by atoms with E-state index < -0.39 is 40.4 Å². The number of terminal acetylenes is 1. The van der Waals surface area contributed by atoms with Crippen LogP contribution in [0.3, 0.4) is 0 Å². The molecule has 3 aromatic carbocycles. The van der Waals surface area contributed by atoms with Gasteiger partial charge in [0.05, 0.1) is 30.3 Å². The molecule has 0 aliphatic heterocycles. The normalized spacial score (nSPS) is 9.35. The van der Waals surface area contributed by atoms with Crippen molar-refractivity contribution < 1.29 is 53.5 Å². The van der Waals surface area contributed by atoms with Crippen molar-refractivity contribution in [2.24, 2.45) is 0 Å². The Morgan fingerprint density at radius 1 is 1.00 bits per heavy atom. The van der Waals surface area contributed by atoms with Crippen molar-refractivity contribution >= 4 is 5.69 Å². The maximum absolute atomic E-state index is 13.7. The zero-order valence-electron chi connectivity index (χ0n) is 15.6. The summed E-state index contributed by atoms with van der Waals surface area (Å²) < 4.78 is 83.1. The van der Waals surface area contributed by atoms with Crippen LogP contribution < -0.4 is 9.47 Å². The van der Waals surface area contributed by atoms with E-state index in [0.717, 1.165) is 18.2 Å². The van der Waals surface area contributed by atoms with Gasteiger partial charge in [-0.1, -0.05) is 18.1 Å². The van der Waals surface area contributed by atoms with Crippen LogP contribution in [0.1, 0.15) is 5.56 Å². The Morgan fingerprint density at radius 3 is 2.13 bits per heavy atom. The molecule has 1 N–H and O–H groups in total. The van der Waals surface area contributed by atoms with Crippen LogP contribution in [0.25, 0.3) is 5.73 Å². The van der Waals surface area contributed by atoms with E-state index in [-0.39, 0.29) is 17.2 Å². The Balaban J connectivity index is 0.000000337. The molecule has 10 heteroatoms. The third-order valence-electron chi connectivity index (χ3n) is 3.38. The standard InChI is InChI=1S/C14H5F4O.C7H7FNO.O.Os/c1-2-10-13(17)11(16)7-12(14(10)18)19-9-5-3-8(15)4-6-9;1-10-7-3-2-5(9)4-6(7)8;;/h1,3-6H;2-4,9H,1H3;;/q2*-1;;. The topological polar surface area (TPSA) is 59.3 Å². The summed E-state index contributed by atoms with van der Waals surface area (Å²) in [4.78, 5) is 0. The monoisotopic (exact) mass is 613 g/mol. The van der Waals surface area contributed by atoms with Gasteiger partial charge >= 0.3 is 22.1 Å². The van der Waals surface area contributed by atoms with Gasteiger partial charge in [-0.05, 0) is 42.0 Å². The fraction of sp³-hybridized carbons (Fsp3) is 0.0476.